The van der Waals surface area contributed by atoms with E-state index in [0.717, 1.165) is 16.8 Å². The number of carbonyl (C=O) groups excluding carboxylic acids is 1. The van der Waals surface area contributed by atoms with Crippen molar-refractivity contribution in [2.45, 2.75) is 25.8 Å². The highest BCUT2D eigenvalue weighted by Crippen LogP contribution is 2.34. The lowest BCUT2D eigenvalue weighted by Gasteiger charge is -2.21. The Hall–Kier alpha value is -2.73. The molecule has 0 N–H and O–H groups in total. The molecule has 6 nitrogen and oxygen atoms in total. The van der Waals surface area contributed by atoms with Gasteiger partial charge >= 0.3 is 0 Å². The summed E-state index contributed by atoms with van der Waals surface area (Å²) >= 11 is 5.93. The molecule has 0 bridgehead atoms. The lowest BCUT2D eigenvalue weighted by Crippen LogP contribution is -2.26. The minimum absolute atomic E-state index is 0.0222. The van der Waals surface area contributed by atoms with Crippen LogP contribution in [-0.2, 0) is 4.79 Å². The van der Waals surface area contributed by atoms with Crippen LogP contribution in [0.1, 0.15) is 36.9 Å². The third-order valence-electron chi connectivity index (χ3n) is 4.13. The van der Waals surface area contributed by atoms with Crippen LogP contribution < -0.4 is 0 Å². The second kappa shape index (κ2) is 7.03. The Bertz CT molecular complexity index is 832. The van der Waals surface area contributed by atoms with Crippen LogP contribution in [0.3, 0.4) is 0 Å². The highest BCUT2D eigenvalue weighted by atomic mass is 35.5. The van der Waals surface area contributed by atoms with E-state index in [0.29, 0.717) is 17.9 Å². The molecular weight excluding hydrogens is 342 g/mol. The number of amides is 1. The average Bonchev–Trinajstić information content (AvgIpc) is 3.07. The predicted molar refractivity (Wildman–Crippen MR) is 95.6 cm³/mol. The molecule has 0 saturated heterocycles. The second-order valence-electron chi connectivity index (χ2n) is 5.71. The van der Waals surface area contributed by atoms with Crippen molar-refractivity contribution in [3.63, 3.8) is 0 Å². The zero-order valence-corrected chi connectivity index (χ0v) is 14.3. The Kier molecular flexibility index (Phi) is 4.81. The molecule has 1 heterocycles. The summed E-state index contributed by atoms with van der Waals surface area (Å²) in [6, 6.07) is 13.3. The number of rotatable bonds is 4. The minimum Gasteiger partial charge on any atom is -0.273 e. The van der Waals surface area contributed by atoms with Crippen molar-refractivity contribution in [1.29, 1.82) is 0 Å². The number of benzene rings is 2. The first-order valence-electron chi connectivity index (χ1n) is 7.89. The fourth-order valence-electron chi connectivity index (χ4n) is 2.80. The van der Waals surface area contributed by atoms with Crippen LogP contribution in [0.2, 0.25) is 5.02 Å². The molecule has 1 aliphatic heterocycles. The van der Waals surface area contributed by atoms with Gasteiger partial charge in [-0.2, -0.15) is 5.10 Å². The third-order valence-corrected chi connectivity index (χ3v) is 4.39. The molecule has 0 fully saturated rings. The van der Waals surface area contributed by atoms with Crippen molar-refractivity contribution in [2.24, 2.45) is 5.10 Å². The fourth-order valence-corrected chi connectivity index (χ4v) is 2.92. The van der Waals surface area contributed by atoms with E-state index in [1.165, 1.54) is 17.1 Å². The Morgan fingerprint density at radius 2 is 1.88 bits per heavy atom. The van der Waals surface area contributed by atoms with E-state index >= 15 is 0 Å². The molecule has 0 aromatic heterocycles. The van der Waals surface area contributed by atoms with Gasteiger partial charge in [-0.1, -0.05) is 42.8 Å². The van der Waals surface area contributed by atoms with Crippen LogP contribution in [0.15, 0.2) is 53.6 Å². The van der Waals surface area contributed by atoms with Crippen LogP contribution in [0.5, 0.6) is 0 Å². The first-order chi connectivity index (χ1) is 12.0. The first-order valence-corrected chi connectivity index (χ1v) is 8.27. The quantitative estimate of drug-likeness (QED) is 0.603. The van der Waals surface area contributed by atoms with Crippen molar-refractivity contribution in [3.8, 4) is 0 Å². The van der Waals surface area contributed by atoms with E-state index in [2.05, 4.69) is 5.10 Å². The molecule has 0 saturated carbocycles. The summed E-state index contributed by atoms with van der Waals surface area (Å²) in [4.78, 5) is 22.7. The minimum atomic E-state index is -0.441. The number of halogens is 1. The van der Waals surface area contributed by atoms with Gasteiger partial charge < -0.3 is 0 Å². The number of non-ortho nitro benzene ring substituents is 1. The van der Waals surface area contributed by atoms with Crippen molar-refractivity contribution < 1.29 is 9.72 Å². The number of hydrogen-bond acceptors (Lipinski definition) is 4. The molecule has 2 aromatic carbocycles. The fraction of sp³-hybridized carbons (Fsp3) is 0.222. The van der Waals surface area contributed by atoms with Crippen LogP contribution >= 0.6 is 11.6 Å². The number of hydrogen-bond donors (Lipinski definition) is 0. The summed E-state index contributed by atoms with van der Waals surface area (Å²) < 4.78 is 0. The number of nitro groups is 1. The van der Waals surface area contributed by atoms with Crippen LogP contribution in [-0.4, -0.2) is 21.6 Å². The van der Waals surface area contributed by atoms with Crippen molar-refractivity contribution in [3.05, 3.63) is 74.8 Å². The van der Waals surface area contributed by atoms with Crippen LogP contribution in [0.25, 0.3) is 0 Å². The SMILES string of the molecule is CCC(=O)N1N=C(c2ccc(Cl)cc2)CC1c1ccc([N+](=O)[O-])cc1. The number of carbonyl (C=O) groups is 1. The molecule has 0 aliphatic carbocycles. The van der Waals surface area contributed by atoms with Gasteiger partial charge in [-0.15, -0.1) is 0 Å². The van der Waals surface area contributed by atoms with Crippen molar-refractivity contribution >= 4 is 28.9 Å². The van der Waals surface area contributed by atoms with Crippen LogP contribution in [0.4, 0.5) is 5.69 Å². The van der Waals surface area contributed by atoms with E-state index in [1.807, 2.05) is 12.1 Å². The first kappa shape index (κ1) is 17.1. The van der Waals surface area contributed by atoms with Gasteiger partial charge in [-0.05, 0) is 23.3 Å². The van der Waals surface area contributed by atoms with Crippen molar-refractivity contribution in [2.75, 3.05) is 0 Å². The van der Waals surface area contributed by atoms with Gasteiger partial charge in [-0.3, -0.25) is 14.9 Å². The Morgan fingerprint density at radius 1 is 1.24 bits per heavy atom. The molecule has 1 amide bonds. The highest BCUT2D eigenvalue weighted by molar-refractivity contribution is 6.30. The Balaban J connectivity index is 1.92. The van der Waals surface area contributed by atoms with E-state index in [9.17, 15) is 14.9 Å². The maximum absolute atomic E-state index is 12.3. The van der Waals surface area contributed by atoms with Gasteiger partial charge in [0.25, 0.3) is 5.69 Å². The molecule has 7 heteroatoms. The lowest BCUT2D eigenvalue weighted by atomic mass is 9.98. The molecule has 128 valence electrons. The van der Waals surface area contributed by atoms with Gasteiger partial charge in [0, 0.05) is 30.0 Å². The molecule has 2 aromatic rings. The Labute approximate surface area is 149 Å². The average molecular weight is 358 g/mol. The molecule has 1 atom stereocenters. The van der Waals surface area contributed by atoms with E-state index in [1.54, 1.807) is 31.2 Å². The molecular formula is C18H16ClN3O3. The van der Waals surface area contributed by atoms with Gasteiger partial charge in [-0.25, -0.2) is 5.01 Å². The number of nitrogens with zero attached hydrogens (tertiary/aromatic N) is 3. The molecule has 1 unspecified atom stereocenters. The topological polar surface area (TPSA) is 75.8 Å². The molecule has 0 radical (unpaired) electrons. The summed E-state index contributed by atoms with van der Waals surface area (Å²) in [6.45, 7) is 1.78. The predicted octanol–water partition coefficient (Wildman–Crippen LogP) is 4.34. The molecule has 0 spiro atoms. The zero-order valence-electron chi connectivity index (χ0n) is 13.6. The van der Waals surface area contributed by atoms with Crippen molar-refractivity contribution in [1.82, 2.24) is 5.01 Å². The molecule has 3 rings (SSSR count). The van der Waals surface area contributed by atoms with E-state index in [4.69, 9.17) is 11.6 Å². The maximum Gasteiger partial charge on any atom is 0.269 e. The zero-order chi connectivity index (χ0) is 18.0. The normalized spacial score (nSPS) is 16.6. The van der Waals surface area contributed by atoms with Gasteiger partial charge in [0.1, 0.15) is 0 Å². The smallest absolute Gasteiger partial charge is 0.269 e. The van der Waals surface area contributed by atoms with Crippen LogP contribution in [0, 0.1) is 10.1 Å². The monoisotopic (exact) mass is 357 g/mol. The van der Waals surface area contributed by atoms with E-state index < -0.39 is 4.92 Å². The summed E-state index contributed by atoms with van der Waals surface area (Å²) in [5.41, 5.74) is 2.54. The summed E-state index contributed by atoms with van der Waals surface area (Å²) in [7, 11) is 0. The summed E-state index contributed by atoms with van der Waals surface area (Å²) in [5, 5.41) is 17.4. The second-order valence-corrected chi connectivity index (χ2v) is 6.15. The van der Waals surface area contributed by atoms with Gasteiger partial charge in [0.05, 0.1) is 16.7 Å². The summed E-state index contributed by atoms with van der Waals surface area (Å²) in [5.74, 6) is -0.0904. The van der Waals surface area contributed by atoms with E-state index in [-0.39, 0.29) is 17.6 Å². The largest absolute Gasteiger partial charge is 0.273 e. The number of nitro benzene ring substituents is 1. The third kappa shape index (κ3) is 3.53. The molecule has 1 aliphatic rings. The molecule has 25 heavy (non-hydrogen) atoms. The summed E-state index contributed by atoms with van der Waals surface area (Å²) in [6.07, 6.45) is 0.881. The lowest BCUT2D eigenvalue weighted by molar-refractivity contribution is -0.384. The standard InChI is InChI=1S/C18H16ClN3O3/c1-2-18(23)21-17(13-5-9-15(10-6-13)22(24)25)11-16(20-21)12-3-7-14(19)8-4-12/h3-10,17H,2,11H2,1H3. The van der Waals surface area contributed by atoms with Gasteiger partial charge in [0.15, 0.2) is 0 Å². The Morgan fingerprint density at radius 3 is 2.44 bits per heavy atom. The van der Waals surface area contributed by atoms with Gasteiger partial charge in [0.2, 0.25) is 5.91 Å². The maximum atomic E-state index is 12.3. The highest BCUT2D eigenvalue weighted by Gasteiger charge is 2.32. The number of hydrazone groups is 1.